The molecule has 1 aliphatic rings. The lowest BCUT2D eigenvalue weighted by Gasteiger charge is -2.29. The second kappa shape index (κ2) is 4.53. The molecule has 0 spiro atoms. The first-order chi connectivity index (χ1) is 8.75. The molecule has 0 amide bonds. The van der Waals surface area contributed by atoms with Gasteiger partial charge in [0.05, 0.1) is 27.6 Å². The van der Waals surface area contributed by atoms with Crippen molar-refractivity contribution in [3.8, 4) is 0 Å². The molecule has 2 atom stereocenters. The summed E-state index contributed by atoms with van der Waals surface area (Å²) in [7, 11) is -1.05. The lowest BCUT2D eigenvalue weighted by atomic mass is 9.79. The average molecular weight is 258 g/mol. The molecule has 3 nitrogen and oxygen atoms in total. The molecule has 1 aliphatic carbocycles. The van der Waals surface area contributed by atoms with Gasteiger partial charge in [-0.25, -0.2) is 0 Å². The van der Waals surface area contributed by atoms with Gasteiger partial charge in [0, 0.05) is 17.9 Å². The van der Waals surface area contributed by atoms with Crippen LogP contribution in [0.25, 0.3) is 0 Å². The Morgan fingerprint density at radius 2 is 2.17 bits per heavy atom. The molecular weight excluding hydrogens is 244 g/mol. The number of nitrogens with zero attached hydrogens (tertiary/aromatic N) is 1. The van der Waals surface area contributed by atoms with Crippen molar-refractivity contribution in [1.29, 1.82) is 0 Å². The molecule has 18 heavy (non-hydrogen) atoms. The van der Waals surface area contributed by atoms with E-state index in [2.05, 4.69) is 17.1 Å². The van der Waals surface area contributed by atoms with Crippen LogP contribution in [-0.4, -0.2) is 14.9 Å². The van der Waals surface area contributed by atoms with Gasteiger partial charge in [0.2, 0.25) is 0 Å². The molecule has 0 bridgehead atoms. The Morgan fingerprint density at radius 3 is 2.94 bits per heavy atom. The number of benzene rings is 1. The summed E-state index contributed by atoms with van der Waals surface area (Å²) in [5.41, 5.74) is 9.02. The van der Waals surface area contributed by atoms with Crippen molar-refractivity contribution >= 4 is 16.5 Å². The molecule has 0 saturated carbocycles. The van der Waals surface area contributed by atoms with E-state index in [-0.39, 0.29) is 0 Å². The highest BCUT2D eigenvalue weighted by Gasteiger charge is 2.27. The van der Waals surface area contributed by atoms with Gasteiger partial charge in [-0.05, 0) is 23.6 Å². The summed E-state index contributed by atoms with van der Waals surface area (Å²) in [6, 6.07) is 10.1. The maximum atomic E-state index is 12.3. The van der Waals surface area contributed by atoms with E-state index in [1.54, 1.807) is 18.5 Å². The van der Waals surface area contributed by atoms with Crippen LogP contribution in [0.4, 0.5) is 5.69 Å². The van der Waals surface area contributed by atoms with Gasteiger partial charge in [-0.1, -0.05) is 24.3 Å². The van der Waals surface area contributed by atoms with Crippen LogP contribution >= 0.6 is 0 Å². The molecule has 92 valence electrons. The van der Waals surface area contributed by atoms with Crippen LogP contribution in [-0.2, 0) is 17.2 Å². The molecule has 1 aromatic heterocycles. The quantitative estimate of drug-likeness (QED) is 0.917. The number of anilines is 1. The summed E-state index contributed by atoms with van der Waals surface area (Å²) in [4.78, 5) is 4.62. The normalized spacial score (nSPS) is 18.8. The number of aromatic nitrogens is 1. The fourth-order valence-electron chi connectivity index (χ4n) is 2.39. The van der Waals surface area contributed by atoms with E-state index in [1.165, 1.54) is 11.1 Å². The summed E-state index contributed by atoms with van der Waals surface area (Å²) in [5, 5.41) is 0. The van der Waals surface area contributed by atoms with Gasteiger partial charge < -0.3 is 5.73 Å². The number of rotatable bonds is 3. The Bertz CT molecular complexity index is 612. The van der Waals surface area contributed by atoms with E-state index in [9.17, 15) is 4.21 Å². The SMILES string of the molecule is Nc1cnccc1S(=O)CC1Cc2ccccc21. The highest BCUT2D eigenvalue weighted by Crippen LogP contribution is 2.36. The molecular formula is C14H14N2OS. The van der Waals surface area contributed by atoms with Crippen LogP contribution in [0.3, 0.4) is 0 Å². The molecule has 1 aromatic carbocycles. The number of fused-ring (bicyclic) bond motifs is 1. The minimum atomic E-state index is -1.05. The second-order valence-electron chi connectivity index (χ2n) is 4.53. The Kier molecular flexibility index (Phi) is 2.88. The van der Waals surface area contributed by atoms with Crippen LogP contribution in [0.5, 0.6) is 0 Å². The fourth-order valence-corrected chi connectivity index (χ4v) is 3.76. The number of nitrogen functional groups attached to an aromatic ring is 1. The van der Waals surface area contributed by atoms with Crippen molar-refractivity contribution < 1.29 is 4.21 Å². The van der Waals surface area contributed by atoms with E-state index in [0.717, 1.165) is 6.42 Å². The molecule has 0 fully saturated rings. The van der Waals surface area contributed by atoms with E-state index in [1.807, 2.05) is 12.1 Å². The predicted octanol–water partition coefficient (Wildman–Crippen LogP) is 2.11. The third kappa shape index (κ3) is 1.93. The van der Waals surface area contributed by atoms with Crippen molar-refractivity contribution in [2.24, 2.45) is 0 Å². The van der Waals surface area contributed by atoms with Crippen molar-refractivity contribution in [2.75, 3.05) is 11.5 Å². The van der Waals surface area contributed by atoms with Gasteiger partial charge in [-0.3, -0.25) is 9.19 Å². The highest BCUT2D eigenvalue weighted by atomic mass is 32.2. The predicted molar refractivity (Wildman–Crippen MR) is 72.8 cm³/mol. The van der Waals surface area contributed by atoms with Crippen LogP contribution in [0.2, 0.25) is 0 Å². The van der Waals surface area contributed by atoms with E-state index >= 15 is 0 Å². The average Bonchev–Trinajstić information content (AvgIpc) is 2.36. The third-order valence-corrected chi connectivity index (χ3v) is 4.94. The molecule has 2 N–H and O–H groups in total. The Hall–Kier alpha value is -1.68. The summed E-state index contributed by atoms with van der Waals surface area (Å²) in [6.07, 6.45) is 4.22. The van der Waals surface area contributed by atoms with Crippen molar-refractivity contribution in [1.82, 2.24) is 4.98 Å². The lowest BCUT2D eigenvalue weighted by molar-refractivity contribution is 0.644. The summed E-state index contributed by atoms with van der Waals surface area (Å²) in [6.45, 7) is 0. The minimum Gasteiger partial charge on any atom is -0.396 e. The summed E-state index contributed by atoms with van der Waals surface area (Å²) >= 11 is 0. The first-order valence-corrected chi connectivity index (χ1v) is 7.23. The Balaban J connectivity index is 1.76. The zero-order chi connectivity index (χ0) is 12.5. The van der Waals surface area contributed by atoms with Crippen LogP contribution < -0.4 is 5.73 Å². The van der Waals surface area contributed by atoms with Crippen LogP contribution in [0.1, 0.15) is 17.0 Å². The molecule has 2 unspecified atom stereocenters. The standard InChI is InChI=1S/C14H14N2OS/c15-13-8-16-6-5-14(13)18(17)9-11-7-10-3-1-2-4-12(10)11/h1-6,8,11H,7,9,15H2. The minimum absolute atomic E-state index is 0.398. The van der Waals surface area contributed by atoms with E-state index in [0.29, 0.717) is 22.3 Å². The smallest absolute Gasteiger partial charge is 0.0664 e. The van der Waals surface area contributed by atoms with Gasteiger partial charge in [0.1, 0.15) is 0 Å². The largest absolute Gasteiger partial charge is 0.396 e. The third-order valence-electron chi connectivity index (χ3n) is 3.37. The molecule has 4 heteroatoms. The first-order valence-electron chi connectivity index (χ1n) is 5.91. The summed E-state index contributed by atoms with van der Waals surface area (Å²) in [5.74, 6) is 1.04. The van der Waals surface area contributed by atoms with Crippen molar-refractivity contribution in [2.45, 2.75) is 17.2 Å². The van der Waals surface area contributed by atoms with Crippen LogP contribution in [0.15, 0.2) is 47.6 Å². The maximum absolute atomic E-state index is 12.3. The fraction of sp³-hybridized carbons (Fsp3) is 0.214. The molecule has 2 aromatic rings. The number of pyridine rings is 1. The molecule has 0 radical (unpaired) electrons. The van der Waals surface area contributed by atoms with Gasteiger partial charge in [-0.15, -0.1) is 0 Å². The van der Waals surface area contributed by atoms with E-state index < -0.39 is 10.8 Å². The highest BCUT2D eigenvalue weighted by molar-refractivity contribution is 7.85. The topological polar surface area (TPSA) is 56.0 Å². The monoisotopic (exact) mass is 258 g/mol. The zero-order valence-electron chi connectivity index (χ0n) is 9.87. The van der Waals surface area contributed by atoms with Crippen LogP contribution in [0, 0.1) is 0 Å². The number of nitrogens with two attached hydrogens (primary N) is 1. The number of hydrogen-bond donors (Lipinski definition) is 1. The molecule has 3 rings (SSSR count). The van der Waals surface area contributed by atoms with Crippen molar-refractivity contribution in [3.63, 3.8) is 0 Å². The van der Waals surface area contributed by atoms with Gasteiger partial charge in [-0.2, -0.15) is 0 Å². The second-order valence-corrected chi connectivity index (χ2v) is 5.99. The van der Waals surface area contributed by atoms with E-state index in [4.69, 9.17) is 5.73 Å². The summed E-state index contributed by atoms with van der Waals surface area (Å²) < 4.78 is 12.3. The molecule has 0 saturated heterocycles. The lowest BCUT2D eigenvalue weighted by Crippen LogP contribution is -2.22. The first kappa shape index (κ1) is 11.4. The maximum Gasteiger partial charge on any atom is 0.0664 e. The number of hydrogen-bond acceptors (Lipinski definition) is 3. The van der Waals surface area contributed by atoms with Gasteiger partial charge in [0.25, 0.3) is 0 Å². The van der Waals surface area contributed by atoms with Gasteiger partial charge in [0.15, 0.2) is 0 Å². The Labute approximate surface area is 109 Å². The molecule has 1 heterocycles. The van der Waals surface area contributed by atoms with Crippen molar-refractivity contribution in [3.05, 3.63) is 53.9 Å². The van der Waals surface area contributed by atoms with Gasteiger partial charge >= 0.3 is 0 Å². The molecule has 0 aliphatic heterocycles. The zero-order valence-corrected chi connectivity index (χ0v) is 10.7. The Morgan fingerprint density at radius 1 is 1.33 bits per heavy atom.